The van der Waals surface area contributed by atoms with Crippen LogP contribution in [0.15, 0.2) is 78.9 Å². The first-order valence-electron chi connectivity index (χ1n) is 13.2. The van der Waals surface area contributed by atoms with E-state index in [0.717, 1.165) is 66.3 Å². The van der Waals surface area contributed by atoms with E-state index in [1.807, 2.05) is 54.6 Å². The number of carboxylic acids is 1. The Kier molecular flexibility index (Phi) is 10.3. The maximum atomic E-state index is 12.8. The number of amides is 1. The number of thiophene rings is 1. The molecule has 7 nitrogen and oxygen atoms in total. The minimum absolute atomic E-state index is 0.0587. The first-order chi connectivity index (χ1) is 20.1. The highest BCUT2D eigenvalue weighted by atomic mass is 32.1. The molecular weight excluding hydrogens is 565 g/mol. The molecule has 5 rings (SSSR count). The van der Waals surface area contributed by atoms with Crippen LogP contribution in [0.4, 0.5) is 18.9 Å². The van der Waals surface area contributed by atoms with E-state index < -0.39 is 12.1 Å². The van der Waals surface area contributed by atoms with Gasteiger partial charge in [-0.3, -0.25) is 14.6 Å². The van der Waals surface area contributed by atoms with Crippen LogP contribution in [-0.4, -0.2) is 59.1 Å². The smallest absolute Gasteiger partial charge is 0.475 e. The number of carbonyl (C=O) groups is 2. The molecule has 1 aromatic heterocycles. The maximum absolute atomic E-state index is 12.8. The molecule has 0 spiro atoms. The lowest BCUT2D eigenvalue weighted by atomic mass is 10.1. The third-order valence-corrected chi connectivity index (χ3v) is 7.77. The molecule has 1 amide bonds. The van der Waals surface area contributed by atoms with Crippen LogP contribution < -0.4 is 5.32 Å². The van der Waals surface area contributed by atoms with E-state index in [4.69, 9.17) is 15.2 Å². The van der Waals surface area contributed by atoms with E-state index in [-0.39, 0.29) is 5.91 Å². The van der Waals surface area contributed by atoms with Crippen molar-refractivity contribution in [2.24, 2.45) is 0 Å². The number of hydrogen-bond donors (Lipinski definition) is 2. The van der Waals surface area contributed by atoms with Crippen molar-refractivity contribution in [1.29, 1.82) is 5.26 Å². The molecule has 1 fully saturated rings. The minimum atomic E-state index is -5.08. The second-order valence-corrected chi connectivity index (χ2v) is 10.9. The van der Waals surface area contributed by atoms with Crippen LogP contribution in [0.5, 0.6) is 0 Å². The van der Waals surface area contributed by atoms with E-state index in [1.165, 1.54) is 22.5 Å². The summed E-state index contributed by atoms with van der Waals surface area (Å²) in [5, 5.41) is 20.3. The van der Waals surface area contributed by atoms with Crippen molar-refractivity contribution in [2.75, 3.05) is 31.5 Å². The summed E-state index contributed by atoms with van der Waals surface area (Å²) in [6.07, 6.45) is -3.96. The average molecular weight is 595 g/mol. The minimum Gasteiger partial charge on any atom is -0.475 e. The first kappa shape index (κ1) is 30.7. The molecule has 42 heavy (non-hydrogen) atoms. The number of aliphatic carboxylic acids is 1. The number of nitrogens with one attached hydrogen (secondary N) is 1. The summed E-state index contributed by atoms with van der Waals surface area (Å²) in [5.41, 5.74) is 4.00. The maximum Gasteiger partial charge on any atom is 0.490 e. The molecule has 1 aliphatic heterocycles. The number of hydrogen-bond acceptors (Lipinski definition) is 6. The summed E-state index contributed by atoms with van der Waals surface area (Å²) < 4.78 is 32.9. The van der Waals surface area contributed by atoms with Crippen LogP contribution in [-0.2, 0) is 17.9 Å². The highest BCUT2D eigenvalue weighted by Gasteiger charge is 2.38. The topological polar surface area (TPSA) is 96.7 Å². The number of alkyl halides is 3. The summed E-state index contributed by atoms with van der Waals surface area (Å²) in [4.78, 5) is 27.4. The zero-order valence-electron chi connectivity index (χ0n) is 22.6. The van der Waals surface area contributed by atoms with Gasteiger partial charge in [-0.1, -0.05) is 42.5 Å². The second kappa shape index (κ2) is 14.1. The molecule has 1 saturated heterocycles. The lowest BCUT2D eigenvalue weighted by molar-refractivity contribution is -0.192. The Morgan fingerprint density at radius 3 is 2.14 bits per heavy atom. The number of benzene rings is 3. The normalized spacial score (nSPS) is 14.3. The largest absolute Gasteiger partial charge is 0.490 e. The van der Waals surface area contributed by atoms with Gasteiger partial charge in [-0.05, 0) is 72.4 Å². The molecule has 2 heterocycles. The van der Waals surface area contributed by atoms with Crippen molar-refractivity contribution in [1.82, 2.24) is 9.80 Å². The third-order valence-electron chi connectivity index (χ3n) is 6.65. The van der Waals surface area contributed by atoms with E-state index in [9.17, 15) is 18.0 Å². The first-order valence-corrected chi connectivity index (χ1v) is 14.0. The Hall–Kier alpha value is -4.24. The van der Waals surface area contributed by atoms with Gasteiger partial charge in [0.05, 0.1) is 16.5 Å². The van der Waals surface area contributed by atoms with Crippen LogP contribution in [0.1, 0.15) is 32.8 Å². The van der Waals surface area contributed by atoms with Crippen LogP contribution in [0.25, 0.3) is 10.1 Å². The lowest BCUT2D eigenvalue weighted by Gasteiger charge is -2.22. The summed E-state index contributed by atoms with van der Waals surface area (Å²) in [7, 11) is 0. The van der Waals surface area contributed by atoms with Crippen molar-refractivity contribution in [3.8, 4) is 6.07 Å². The molecule has 1 aliphatic rings. The Labute approximate surface area is 245 Å². The standard InChI is InChI=1S/C29H28N4OS.C2HF3O2/c30-19-22-9-11-23(12-10-22)20-32-13-4-14-33(16-15-32)21-24-5-3-7-26(17-24)31-29(34)28-18-25-6-1-2-8-27(25)35-28;3-2(4,5)1(6)7/h1-3,5-12,17-18H,4,13-16,20-21H2,(H,31,34);(H,6,7). The van der Waals surface area contributed by atoms with Gasteiger partial charge in [0, 0.05) is 36.6 Å². The molecule has 0 atom stereocenters. The predicted octanol–water partition coefficient (Wildman–Crippen LogP) is 6.37. The monoisotopic (exact) mass is 594 g/mol. The van der Waals surface area contributed by atoms with Gasteiger partial charge < -0.3 is 10.4 Å². The highest BCUT2D eigenvalue weighted by Crippen LogP contribution is 2.26. The van der Waals surface area contributed by atoms with Gasteiger partial charge in [0.2, 0.25) is 0 Å². The fraction of sp³-hybridized carbons (Fsp3) is 0.258. The van der Waals surface area contributed by atoms with Crippen LogP contribution in [0, 0.1) is 11.3 Å². The van der Waals surface area contributed by atoms with Crippen molar-refractivity contribution in [3.05, 3.63) is 100 Å². The number of nitriles is 1. The summed E-state index contributed by atoms with van der Waals surface area (Å²) in [6.45, 7) is 5.94. The van der Waals surface area contributed by atoms with Crippen molar-refractivity contribution in [3.63, 3.8) is 0 Å². The number of carbonyl (C=O) groups excluding carboxylic acids is 1. The molecule has 0 aliphatic carbocycles. The van der Waals surface area contributed by atoms with Crippen molar-refractivity contribution < 1.29 is 27.9 Å². The second-order valence-electron chi connectivity index (χ2n) is 9.82. The fourth-order valence-corrected chi connectivity index (χ4v) is 5.53. The van der Waals surface area contributed by atoms with Crippen LogP contribution in [0.3, 0.4) is 0 Å². The zero-order valence-corrected chi connectivity index (χ0v) is 23.4. The number of anilines is 1. The number of halogens is 3. The Bertz CT molecular complexity index is 1530. The highest BCUT2D eigenvalue weighted by molar-refractivity contribution is 7.20. The predicted molar refractivity (Wildman–Crippen MR) is 156 cm³/mol. The SMILES string of the molecule is N#Cc1ccc(CN2CCCN(Cc3cccc(NC(=O)c4cc5ccccc5s4)c3)CC2)cc1.O=C(O)C(F)(F)F. The van der Waals surface area contributed by atoms with Gasteiger partial charge in [-0.25, -0.2) is 4.79 Å². The fourth-order valence-electron chi connectivity index (χ4n) is 4.58. The Morgan fingerprint density at radius 2 is 1.52 bits per heavy atom. The molecule has 11 heteroatoms. The van der Waals surface area contributed by atoms with Gasteiger partial charge in [0.15, 0.2) is 0 Å². The van der Waals surface area contributed by atoms with E-state index in [2.05, 4.69) is 45.5 Å². The third kappa shape index (κ3) is 8.88. The molecular formula is C31H29F3N4O3S. The van der Waals surface area contributed by atoms with Gasteiger partial charge in [-0.15, -0.1) is 11.3 Å². The number of nitrogens with zero attached hydrogens (tertiary/aromatic N) is 3. The number of fused-ring (bicyclic) bond motifs is 1. The van der Waals surface area contributed by atoms with Gasteiger partial charge >= 0.3 is 12.1 Å². The van der Waals surface area contributed by atoms with Crippen LogP contribution in [0.2, 0.25) is 0 Å². The summed E-state index contributed by atoms with van der Waals surface area (Å²) in [5.74, 6) is -2.82. The van der Waals surface area contributed by atoms with Gasteiger partial charge in [0.1, 0.15) is 0 Å². The number of carboxylic acid groups (broad SMARTS) is 1. The molecule has 0 unspecified atom stereocenters. The lowest BCUT2D eigenvalue weighted by Crippen LogP contribution is -2.30. The molecule has 218 valence electrons. The van der Waals surface area contributed by atoms with Crippen LogP contribution >= 0.6 is 11.3 Å². The Balaban J connectivity index is 0.000000517. The zero-order chi connectivity index (χ0) is 30.1. The molecule has 0 radical (unpaired) electrons. The van der Waals surface area contributed by atoms with E-state index in [1.54, 1.807) is 0 Å². The number of rotatable bonds is 6. The van der Waals surface area contributed by atoms with E-state index in [0.29, 0.717) is 5.56 Å². The quantitative estimate of drug-likeness (QED) is 0.270. The Morgan fingerprint density at radius 1 is 0.881 bits per heavy atom. The van der Waals surface area contributed by atoms with Crippen molar-refractivity contribution >= 4 is 39.0 Å². The molecule has 3 aromatic carbocycles. The van der Waals surface area contributed by atoms with Crippen molar-refractivity contribution in [2.45, 2.75) is 25.7 Å². The van der Waals surface area contributed by atoms with Gasteiger partial charge in [-0.2, -0.15) is 18.4 Å². The summed E-state index contributed by atoms with van der Waals surface area (Å²) >= 11 is 1.52. The molecule has 0 bridgehead atoms. The molecule has 0 saturated carbocycles. The average Bonchev–Trinajstić information content (AvgIpc) is 3.29. The molecule has 4 aromatic rings. The molecule has 2 N–H and O–H groups in total. The van der Waals surface area contributed by atoms with Gasteiger partial charge in [0.25, 0.3) is 5.91 Å². The van der Waals surface area contributed by atoms with E-state index >= 15 is 0 Å². The summed E-state index contributed by atoms with van der Waals surface area (Å²) in [6, 6.07) is 28.3.